The first-order valence-corrected chi connectivity index (χ1v) is 9.73. The normalized spacial score (nSPS) is 22.1. The largest absolute Gasteiger partial charge is 0.275 e. The Morgan fingerprint density at radius 2 is 0.893 bits per heavy atom. The molecule has 1 fully saturated rings. The van der Waals surface area contributed by atoms with E-state index in [4.69, 9.17) is 0 Å². The summed E-state index contributed by atoms with van der Waals surface area (Å²) in [5.41, 5.74) is -2.13. The molecule has 2 aromatic rings. The fraction of sp³-hybridized carbons (Fsp3) is 0.200. The van der Waals surface area contributed by atoms with E-state index in [2.05, 4.69) is 66.8 Å². The summed E-state index contributed by atoms with van der Waals surface area (Å²) in [5, 5.41) is 45.6. The number of hydrogen-bond acceptors (Lipinski definition) is 6. The quantitative estimate of drug-likeness (QED) is 0.654. The molecule has 28 heavy (non-hydrogen) atoms. The average molecular weight is 496 g/mol. The molecule has 0 saturated carbocycles. The summed E-state index contributed by atoms with van der Waals surface area (Å²) in [6, 6.07) is 20.5. The topological polar surface area (TPSA) is 119 Å². The summed E-state index contributed by atoms with van der Waals surface area (Å²) < 4.78 is 1.67. The first-order chi connectivity index (χ1) is 13.4. The third-order valence-electron chi connectivity index (χ3n) is 4.72. The average Bonchev–Trinajstić information content (AvgIpc) is 2.74. The van der Waals surface area contributed by atoms with Crippen LogP contribution in [-0.2, 0) is 0 Å². The standard InChI is InChI=1S/C20H12Br2N6/c21-15-5-1-13(2-6-15)17-19(9-23,10-24)28-18(20(11-25,12-26)27-17)14-3-7-16(22)8-4-14/h1-8,17-18,27-28H/t17-,18+. The number of halogens is 2. The number of benzene rings is 2. The molecule has 0 unspecified atom stereocenters. The zero-order chi connectivity index (χ0) is 20.4. The molecule has 0 amide bonds. The van der Waals surface area contributed by atoms with Crippen LogP contribution in [0.25, 0.3) is 0 Å². The van der Waals surface area contributed by atoms with E-state index in [-0.39, 0.29) is 0 Å². The molecule has 136 valence electrons. The van der Waals surface area contributed by atoms with Crippen LogP contribution in [0.4, 0.5) is 0 Å². The molecule has 2 aromatic carbocycles. The molecule has 0 radical (unpaired) electrons. The second kappa shape index (κ2) is 7.72. The molecule has 1 heterocycles. The SMILES string of the molecule is N#CC1(C#N)N[C@@H](c2ccc(Br)cc2)C(C#N)(C#N)N[C@@H]1c1ccc(Br)cc1. The summed E-state index contributed by atoms with van der Waals surface area (Å²) in [6.07, 6.45) is 0. The molecule has 8 heteroatoms. The molecule has 2 atom stereocenters. The van der Waals surface area contributed by atoms with Crippen LogP contribution in [0.5, 0.6) is 0 Å². The molecule has 3 rings (SSSR count). The maximum atomic E-state index is 9.89. The van der Waals surface area contributed by atoms with Gasteiger partial charge >= 0.3 is 0 Å². The lowest BCUT2D eigenvalue weighted by Crippen LogP contribution is -2.69. The lowest BCUT2D eigenvalue weighted by molar-refractivity contribution is 0.189. The Labute approximate surface area is 179 Å². The van der Waals surface area contributed by atoms with Crippen molar-refractivity contribution in [1.82, 2.24) is 10.6 Å². The van der Waals surface area contributed by atoms with Gasteiger partial charge in [-0.15, -0.1) is 0 Å². The molecule has 2 N–H and O–H groups in total. The van der Waals surface area contributed by atoms with Crippen LogP contribution in [0.2, 0.25) is 0 Å². The number of rotatable bonds is 2. The summed E-state index contributed by atoms with van der Waals surface area (Å²) in [4.78, 5) is 0. The van der Waals surface area contributed by atoms with Gasteiger partial charge in [-0.1, -0.05) is 56.1 Å². The third-order valence-corrected chi connectivity index (χ3v) is 5.78. The molecular weight excluding hydrogens is 484 g/mol. The van der Waals surface area contributed by atoms with Crippen molar-refractivity contribution in [2.75, 3.05) is 0 Å². The predicted octanol–water partition coefficient (Wildman–Crippen LogP) is 3.76. The summed E-state index contributed by atoms with van der Waals surface area (Å²) in [5.74, 6) is 0. The minimum Gasteiger partial charge on any atom is -0.275 e. The molecule has 6 nitrogen and oxygen atoms in total. The Morgan fingerprint density at radius 3 is 1.14 bits per heavy atom. The number of nitrogens with one attached hydrogen (secondary N) is 2. The summed E-state index contributed by atoms with van der Waals surface area (Å²) >= 11 is 6.71. The van der Waals surface area contributed by atoms with Crippen LogP contribution in [0.15, 0.2) is 57.5 Å². The van der Waals surface area contributed by atoms with Gasteiger partial charge in [0.25, 0.3) is 0 Å². The van der Waals surface area contributed by atoms with E-state index in [0.717, 1.165) is 8.95 Å². The summed E-state index contributed by atoms with van der Waals surface area (Å²) in [7, 11) is 0. The van der Waals surface area contributed by atoms with Gasteiger partial charge in [0, 0.05) is 8.95 Å². The van der Waals surface area contributed by atoms with Crippen molar-refractivity contribution in [3.63, 3.8) is 0 Å². The van der Waals surface area contributed by atoms with Gasteiger partial charge in [0.1, 0.15) is 24.3 Å². The van der Waals surface area contributed by atoms with Gasteiger partial charge in [-0.3, -0.25) is 10.6 Å². The molecule has 0 bridgehead atoms. The lowest BCUT2D eigenvalue weighted by atomic mass is 9.75. The van der Waals surface area contributed by atoms with Gasteiger partial charge < -0.3 is 0 Å². The van der Waals surface area contributed by atoms with Crippen molar-refractivity contribution in [2.45, 2.75) is 23.2 Å². The Bertz CT molecular complexity index is 935. The van der Waals surface area contributed by atoms with Gasteiger partial charge in [0.15, 0.2) is 0 Å². The minimum atomic E-state index is -1.68. The minimum absolute atomic E-state index is 0.614. The number of piperazine rings is 1. The van der Waals surface area contributed by atoms with E-state index in [1.54, 1.807) is 48.5 Å². The van der Waals surface area contributed by atoms with Gasteiger partial charge in [-0.05, 0) is 35.4 Å². The highest BCUT2D eigenvalue weighted by Crippen LogP contribution is 2.40. The first-order valence-electron chi connectivity index (χ1n) is 8.15. The van der Waals surface area contributed by atoms with Gasteiger partial charge in [-0.25, -0.2) is 0 Å². The van der Waals surface area contributed by atoms with Crippen LogP contribution in [0.3, 0.4) is 0 Å². The van der Waals surface area contributed by atoms with Crippen LogP contribution in [0, 0.1) is 45.3 Å². The molecule has 1 aliphatic heterocycles. The van der Waals surface area contributed by atoms with E-state index < -0.39 is 23.2 Å². The van der Waals surface area contributed by atoms with E-state index >= 15 is 0 Å². The maximum absolute atomic E-state index is 9.89. The molecule has 1 saturated heterocycles. The van der Waals surface area contributed by atoms with Crippen molar-refractivity contribution in [2.24, 2.45) is 0 Å². The molecule has 0 aliphatic carbocycles. The highest BCUT2D eigenvalue weighted by Gasteiger charge is 2.57. The second-order valence-corrected chi connectivity index (χ2v) is 8.15. The van der Waals surface area contributed by atoms with Crippen molar-refractivity contribution in [1.29, 1.82) is 21.0 Å². The first kappa shape index (κ1) is 20.0. The van der Waals surface area contributed by atoms with Gasteiger partial charge in [0.2, 0.25) is 11.1 Å². The van der Waals surface area contributed by atoms with E-state index in [0.29, 0.717) is 11.1 Å². The predicted molar refractivity (Wildman–Crippen MR) is 108 cm³/mol. The van der Waals surface area contributed by atoms with Gasteiger partial charge in [-0.2, -0.15) is 21.0 Å². The van der Waals surface area contributed by atoms with Crippen molar-refractivity contribution >= 4 is 31.9 Å². The van der Waals surface area contributed by atoms with Crippen molar-refractivity contribution in [3.8, 4) is 24.3 Å². The molecular formula is C20H12Br2N6. The smallest absolute Gasteiger partial charge is 0.214 e. The molecule has 0 aromatic heterocycles. The second-order valence-electron chi connectivity index (χ2n) is 6.32. The molecule has 1 aliphatic rings. The summed E-state index contributed by atoms with van der Waals surface area (Å²) in [6.45, 7) is 0. The number of hydrogen-bond donors (Lipinski definition) is 2. The Balaban J connectivity index is 2.17. The van der Waals surface area contributed by atoms with Gasteiger partial charge in [0.05, 0.1) is 12.1 Å². The maximum Gasteiger partial charge on any atom is 0.214 e. The Morgan fingerprint density at radius 1 is 0.607 bits per heavy atom. The zero-order valence-corrected chi connectivity index (χ0v) is 17.5. The van der Waals surface area contributed by atoms with Crippen LogP contribution < -0.4 is 10.6 Å². The highest BCUT2D eigenvalue weighted by molar-refractivity contribution is 9.10. The number of nitriles is 4. The van der Waals surface area contributed by atoms with Crippen LogP contribution in [-0.4, -0.2) is 11.1 Å². The van der Waals surface area contributed by atoms with E-state index in [9.17, 15) is 21.0 Å². The van der Waals surface area contributed by atoms with E-state index in [1.165, 1.54) is 0 Å². The Kier molecular flexibility index (Phi) is 5.52. The van der Waals surface area contributed by atoms with Crippen molar-refractivity contribution < 1.29 is 0 Å². The van der Waals surface area contributed by atoms with Crippen LogP contribution >= 0.6 is 31.9 Å². The lowest BCUT2D eigenvalue weighted by Gasteiger charge is -2.46. The monoisotopic (exact) mass is 494 g/mol. The fourth-order valence-corrected chi connectivity index (χ4v) is 3.78. The third kappa shape index (κ3) is 3.29. The Hall–Kier alpha value is -2.72. The number of nitrogens with zero attached hydrogens (tertiary/aromatic N) is 4. The highest BCUT2D eigenvalue weighted by atomic mass is 79.9. The zero-order valence-electron chi connectivity index (χ0n) is 14.3. The molecule has 0 spiro atoms. The fourth-order valence-electron chi connectivity index (χ4n) is 3.25. The van der Waals surface area contributed by atoms with Crippen molar-refractivity contribution in [3.05, 3.63) is 68.6 Å². The van der Waals surface area contributed by atoms with E-state index in [1.807, 2.05) is 0 Å². The van der Waals surface area contributed by atoms with Crippen LogP contribution in [0.1, 0.15) is 23.2 Å².